The van der Waals surface area contributed by atoms with Gasteiger partial charge in [-0.1, -0.05) is 42.0 Å². The molecule has 10 nitrogen and oxygen atoms in total. The Kier molecular flexibility index (Phi) is 6.71. The monoisotopic (exact) mass is 574 g/mol. The molecule has 1 atom stereocenters. The second-order valence-electron chi connectivity index (χ2n) is 10.2. The predicted molar refractivity (Wildman–Crippen MR) is 158 cm³/mol. The largest absolute Gasteiger partial charge is 0.455 e. The molecule has 0 saturated carbocycles. The third kappa shape index (κ3) is 4.91. The van der Waals surface area contributed by atoms with Crippen LogP contribution in [0.5, 0.6) is 0 Å². The first-order valence-corrected chi connectivity index (χ1v) is 15.0. The minimum absolute atomic E-state index is 0.313. The zero-order valence-electron chi connectivity index (χ0n) is 23.2. The molecular weight excluding hydrogens is 544 g/mol. The van der Waals surface area contributed by atoms with Crippen LogP contribution in [0.3, 0.4) is 0 Å². The van der Waals surface area contributed by atoms with Crippen LogP contribution < -0.4 is 14.5 Å². The van der Waals surface area contributed by atoms with Crippen molar-refractivity contribution in [3.63, 3.8) is 0 Å². The molecule has 3 aromatic carbocycles. The van der Waals surface area contributed by atoms with Crippen LogP contribution in [0.1, 0.15) is 27.6 Å². The number of sulfonamides is 1. The van der Waals surface area contributed by atoms with E-state index in [0.29, 0.717) is 64.8 Å². The zero-order chi connectivity index (χ0) is 28.9. The highest BCUT2D eigenvalue weighted by molar-refractivity contribution is 7.92. The number of rotatable bonds is 6. The minimum Gasteiger partial charge on any atom is -0.455 e. The average Bonchev–Trinajstić information content (AvgIpc) is 3.57. The molecule has 1 aliphatic heterocycles. The van der Waals surface area contributed by atoms with Gasteiger partial charge in [-0.2, -0.15) is 4.98 Å². The van der Waals surface area contributed by atoms with Gasteiger partial charge in [-0.15, -0.1) is 0 Å². The number of fused-ring (bicyclic) bond motifs is 2. The zero-order valence-corrected chi connectivity index (χ0v) is 24.0. The summed E-state index contributed by atoms with van der Waals surface area (Å²) >= 11 is 0. The Balaban J connectivity index is 1.50. The average molecular weight is 575 g/mol. The van der Waals surface area contributed by atoms with Crippen molar-refractivity contribution in [1.82, 2.24) is 10.3 Å². The molecule has 1 fully saturated rings. The van der Waals surface area contributed by atoms with Gasteiger partial charge in [-0.3, -0.25) is 9.10 Å². The van der Waals surface area contributed by atoms with E-state index >= 15 is 0 Å². The van der Waals surface area contributed by atoms with Crippen molar-refractivity contribution in [3.8, 4) is 11.3 Å². The van der Waals surface area contributed by atoms with E-state index in [1.54, 1.807) is 19.2 Å². The van der Waals surface area contributed by atoms with Gasteiger partial charge in [0, 0.05) is 43.2 Å². The van der Waals surface area contributed by atoms with Gasteiger partial charge in [0.05, 0.1) is 30.7 Å². The molecule has 5 aromatic rings. The molecule has 1 aliphatic rings. The van der Waals surface area contributed by atoms with E-state index in [0.717, 1.165) is 22.9 Å². The summed E-state index contributed by atoms with van der Waals surface area (Å²) in [6.45, 7) is 3.26. The molecule has 3 heterocycles. The molecule has 0 bridgehead atoms. The second-order valence-corrected chi connectivity index (χ2v) is 12.2. The number of hydrogen-bond acceptors (Lipinski definition) is 8. The maximum Gasteiger partial charge on any atom is 0.298 e. The summed E-state index contributed by atoms with van der Waals surface area (Å²) < 4.78 is 45.1. The lowest BCUT2D eigenvalue weighted by atomic mass is 9.99. The quantitative estimate of drug-likeness (QED) is 0.305. The number of furan rings is 1. The Hall–Kier alpha value is -4.35. The van der Waals surface area contributed by atoms with Gasteiger partial charge in [-0.25, -0.2) is 8.42 Å². The SMILES string of the molecule is CNC(=O)c1c(-c2ccc(C)cc2)oc2cc(N(C)S(C)(=O)=O)c([C@@H]3CN(c4nc5ccccc5o4)CCO3)cc12. The highest BCUT2D eigenvalue weighted by Gasteiger charge is 2.32. The summed E-state index contributed by atoms with van der Waals surface area (Å²) in [7, 11) is -0.582. The first-order chi connectivity index (χ1) is 19.6. The van der Waals surface area contributed by atoms with E-state index in [4.69, 9.17) is 13.6 Å². The number of aromatic nitrogens is 1. The molecule has 0 aliphatic carbocycles. The number of morpholine rings is 1. The second kappa shape index (κ2) is 10.2. The molecule has 41 heavy (non-hydrogen) atoms. The van der Waals surface area contributed by atoms with Gasteiger partial charge in [-0.05, 0) is 25.1 Å². The predicted octanol–water partition coefficient (Wildman–Crippen LogP) is 4.88. The molecule has 0 unspecified atom stereocenters. The fourth-order valence-electron chi connectivity index (χ4n) is 5.12. The minimum atomic E-state index is -3.64. The summed E-state index contributed by atoms with van der Waals surface area (Å²) in [5, 5.41) is 3.28. The Morgan fingerprint density at radius 3 is 2.54 bits per heavy atom. The van der Waals surface area contributed by atoms with Gasteiger partial charge >= 0.3 is 0 Å². The Bertz CT molecular complexity index is 1840. The number of carbonyl (C=O) groups excluding carboxylic acids is 1. The molecule has 212 valence electrons. The lowest BCUT2D eigenvalue weighted by Gasteiger charge is -2.34. The van der Waals surface area contributed by atoms with Crippen LogP contribution in [0.25, 0.3) is 33.4 Å². The smallest absolute Gasteiger partial charge is 0.298 e. The number of hydrogen-bond donors (Lipinski definition) is 1. The first-order valence-electron chi connectivity index (χ1n) is 13.2. The number of nitrogens with zero attached hydrogens (tertiary/aromatic N) is 3. The van der Waals surface area contributed by atoms with Gasteiger partial charge in [0.2, 0.25) is 10.0 Å². The summed E-state index contributed by atoms with van der Waals surface area (Å²) in [5.41, 5.74) is 5.01. The standard InChI is InChI=1S/C30H30N4O6S/c1-18-9-11-19(12-10-18)28-27(29(35)31-2)21-15-20(23(16-25(21)39-28)33(3)41(4,36)37)26-17-34(13-14-38-26)30-32-22-7-5-6-8-24(22)40-30/h5-12,15-16,26H,13-14,17H2,1-4H3,(H,31,35)/t26-/m0/s1. The Labute approximate surface area is 237 Å². The van der Waals surface area contributed by atoms with E-state index in [1.165, 1.54) is 11.4 Å². The topological polar surface area (TPSA) is 118 Å². The third-order valence-electron chi connectivity index (χ3n) is 7.41. The molecule has 0 spiro atoms. The van der Waals surface area contributed by atoms with E-state index in [2.05, 4.69) is 10.3 Å². The van der Waals surface area contributed by atoms with Crippen LogP contribution in [0.4, 0.5) is 11.7 Å². The number of aryl methyl sites for hydroxylation is 1. The number of oxazole rings is 1. The van der Waals surface area contributed by atoms with Crippen molar-refractivity contribution in [2.45, 2.75) is 13.0 Å². The van der Waals surface area contributed by atoms with E-state index in [-0.39, 0.29) is 5.91 Å². The molecular formula is C30H30N4O6S. The Morgan fingerprint density at radius 1 is 1.07 bits per heavy atom. The number of nitrogens with one attached hydrogen (secondary N) is 1. The summed E-state index contributed by atoms with van der Waals surface area (Å²) in [5.74, 6) is 0.0919. The normalized spacial score (nSPS) is 15.9. The van der Waals surface area contributed by atoms with Gasteiger partial charge in [0.25, 0.3) is 11.9 Å². The van der Waals surface area contributed by atoms with E-state index in [1.807, 2.05) is 60.4 Å². The summed E-state index contributed by atoms with van der Waals surface area (Å²) in [6.07, 6.45) is 0.598. The molecule has 2 aromatic heterocycles. The maximum absolute atomic E-state index is 13.2. The third-order valence-corrected chi connectivity index (χ3v) is 8.60. The van der Waals surface area contributed by atoms with Crippen molar-refractivity contribution in [2.24, 2.45) is 0 Å². The first kappa shape index (κ1) is 26.9. The van der Waals surface area contributed by atoms with Gasteiger partial charge < -0.3 is 23.8 Å². The summed E-state index contributed by atoms with van der Waals surface area (Å²) in [4.78, 5) is 19.8. The number of amides is 1. The van der Waals surface area contributed by atoms with Gasteiger partial charge in [0.15, 0.2) is 5.58 Å². The van der Waals surface area contributed by atoms with Crippen molar-refractivity contribution >= 4 is 49.7 Å². The summed E-state index contributed by atoms with van der Waals surface area (Å²) in [6, 6.07) is 19.2. The lowest BCUT2D eigenvalue weighted by Crippen LogP contribution is -2.39. The highest BCUT2D eigenvalue weighted by Crippen LogP contribution is 2.41. The van der Waals surface area contributed by atoms with Crippen LogP contribution in [0.2, 0.25) is 0 Å². The number of benzene rings is 3. The van der Waals surface area contributed by atoms with Crippen LogP contribution in [0.15, 0.2) is 69.5 Å². The van der Waals surface area contributed by atoms with Gasteiger partial charge in [0.1, 0.15) is 23.0 Å². The van der Waals surface area contributed by atoms with E-state index < -0.39 is 16.1 Å². The Morgan fingerprint density at radius 2 is 1.83 bits per heavy atom. The molecule has 0 radical (unpaired) electrons. The van der Waals surface area contributed by atoms with Crippen molar-refractivity contribution < 1.29 is 26.8 Å². The van der Waals surface area contributed by atoms with Crippen LogP contribution in [-0.2, 0) is 14.8 Å². The van der Waals surface area contributed by atoms with Crippen molar-refractivity contribution in [3.05, 3.63) is 77.4 Å². The fourth-order valence-corrected chi connectivity index (χ4v) is 5.64. The number of carbonyl (C=O) groups is 1. The molecule has 6 rings (SSSR count). The van der Waals surface area contributed by atoms with Crippen molar-refractivity contribution in [1.29, 1.82) is 0 Å². The maximum atomic E-state index is 13.2. The van der Waals surface area contributed by atoms with Crippen molar-refractivity contribution in [2.75, 3.05) is 49.3 Å². The highest BCUT2D eigenvalue weighted by atomic mass is 32.2. The van der Waals surface area contributed by atoms with Crippen LogP contribution in [0, 0.1) is 6.92 Å². The molecule has 11 heteroatoms. The number of anilines is 2. The van der Waals surface area contributed by atoms with Crippen LogP contribution >= 0.6 is 0 Å². The molecule has 1 saturated heterocycles. The lowest BCUT2D eigenvalue weighted by molar-refractivity contribution is 0.0386. The molecule has 1 amide bonds. The number of ether oxygens (including phenoxy) is 1. The number of para-hydroxylation sites is 2. The molecule has 1 N–H and O–H groups in total. The van der Waals surface area contributed by atoms with E-state index in [9.17, 15) is 13.2 Å². The fraction of sp³-hybridized carbons (Fsp3) is 0.267. The van der Waals surface area contributed by atoms with Crippen LogP contribution in [-0.4, -0.2) is 59.4 Å².